The molecule has 2 aromatic rings. The third-order valence-corrected chi connectivity index (χ3v) is 3.84. The number of benzene rings is 2. The second-order valence-electron chi connectivity index (χ2n) is 3.90. The summed E-state index contributed by atoms with van der Waals surface area (Å²) < 4.78 is 0. The summed E-state index contributed by atoms with van der Waals surface area (Å²) >= 11 is 19.7. The zero-order chi connectivity index (χ0) is 13.7. The van der Waals surface area contributed by atoms with Crippen LogP contribution in [0.4, 0.5) is 0 Å². The molecule has 0 radical (unpaired) electrons. The van der Waals surface area contributed by atoms with Gasteiger partial charge in [-0.05, 0) is 13.8 Å². The summed E-state index contributed by atoms with van der Waals surface area (Å²) in [4.78, 5) is 3.11. The van der Waals surface area contributed by atoms with E-state index in [0.29, 0.717) is 0 Å². The molecule has 0 fully saturated rings. The summed E-state index contributed by atoms with van der Waals surface area (Å²) in [7, 11) is 0. The third kappa shape index (κ3) is 6.86. The van der Waals surface area contributed by atoms with Crippen LogP contribution < -0.4 is 0 Å². The van der Waals surface area contributed by atoms with E-state index in [1.54, 1.807) is 0 Å². The fourth-order valence-corrected chi connectivity index (χ4v) is 1.99. The molecule has 2 rings (SSSR count). The van der Waals surface area contributed by atoms with Crippen molar-refractivity contribution in [3.05, 3.63) is 47.5 Å². The molecule has 0 nitrogen and oxygen atoms in total. The van der Waals surface area contributed by atoms with E-state index in [4.69, 9.17) is 50.5 Å². The third-order valence-electron chi connectivity index (χ3n) is 2.20. The molecule has 0 heterocycles. The monoisotopic (exact) mass is 505 g/mol. The van der Waals surface area contributed by atoms with E-state index < -0.39 is 0 Å². The number of hydrogen-bond acceptors (Lipinski definition) is 4. The molecule has 0 aromatic heterocycles. The predicted octanol–water partition coefficient (Wildman–Crippen LogP) is 3.61. The second kappa shape index (κ2) is 9.08. The number of aryl methyl sites for hydroxylation is 2. The Morgan fingerprint density at radius 1 is 0.579 bits per heavy atom. The van der Waals surface area contributed by atoms with Crippen molar-refractivity contribution in [1.29, 1.82) is 0 Å². The van der Waals surface area contributed by atoms with Crippen LogP contribution in [0.25, 0.3) is 0 Å². The van der Waals surface area contributed by atoms with Crippen LogP contribution in [0.3, 0.4) is 0 Å². The Hall–Kier alpha value is 0.0603. The smallest absolute Gasteiger partial charge is 0.781 e. The van der Waals surface area contributed by atoms with E-state index in [9.17, 15) is 0 Å². The summed E-state index contributed by atoms with van der Waals surface area (Å²) in [6, 6.07) is 11.5. The Bertz CT molecular complexity index is 491. The largest absolute Gasteiger partial charge is 3.00 e. The van der Waals surface area contributed by atoms with Crippen LogP contribution >= 0.6 is 0 Å². The van der Waals surface area contributed by atoms with E-state index in [0.717, 1.165) is 19.6 Å². The Kier molecular flexibility index (Phi) is 9.11. The Morgan fingerprint density at radius 3 is 1.11 bits per heavy atom. The van der Waals surface area contributed by atoms with Gasteiger partial charge in [0, 0.05) is 0 Å². The van der Waals surface area contributed by atoms with Gasteiger partial charge >= 0.3 is 22.4 Å². The van der Waals surface area contributed by atoms with Crippen molar-refractivity contribution in [1.82, 2.24) is 0 Å². The van der Waals surface area contributed by atoms with Crippen LogP contribution in [-0.4, -0.2) is 0 Å². The molecule has 19 heavy (non-hydrogen) atoms. The first kappa shape index (κ1) is 19.1. The minimum absolute atomic E-state index is 0. The van der Waals surface area contributed by atoms with Crippen molar-refractivity contribution in [3.8, 4) is 0 Å². The maximum atomic E-state index is 4.94. The fraction of sp³-hybridized carbons (Fsp3) is 0.143. The summed E-state index contributed by atoms with van der Waals surface area (Å²) in [6.45, 7) is 4.01. The molecular formula is C14H12AuS4-. The Balaban J connectivity index is 0.000000324. The molecule has 0 spiro atoms. The van der Waals surface area contributed by atoms with Crippen LogP contribution in [0, 0.1) is 13.8 Å². The van der Waals surface area contributed by atoms with E-state index >= 15 is 0 Å². The zero-order valence-electron chi connectivity index (χ0n) is 10.4. The van der Waals surface area contributed by atoms with Gasteiger partial charge in [0.1, 0.15) is 0 Å². The molecule has 5 heteroatoms. The van der Waals surface area contributed by atoms with Crippen molar-refractivity contribution >= 4 is 50.5 Å². The molecule has 0 N–H and O–H groups in total. The first-order valence-corrected chi connectivity index (χ1v) is 6.93. The maximum Gasteiger partial charge on any atom is 3.00 e. The van der Waals surface area contributed by atoms with Gasteiger partial charge in [0.15, 0.2) is 0 Å². The molecule has 0 aliphatic rings. The van der Waals surface area contributed by atoms with Crippen molar-refractivity contribution in [2.45, 2.75) is 33.4 Å². The fourth-order valence-electron chi connectivity index (χ4n) is 1.23. The molecular weight excluding hydrogens is 493 g/mol. The average Bonchev–Trinajstić information content (AvgIpc) is 2.30. The Morgan fingerprint density at radius 2 is 0.895 bits per heavy atom. The first-order chi connectivity index (χ1) is 8.40. The summed E-state index contributed by atoms with van der Waals surface area (Å²) in [5.74, 6) is 0. The van der Waals surface area contributed by atoms with Gasteiger partial charge < -0.3 is 50.5 Å². The van der Waals surface area contributed by atoms with Crippen molar-refractivity contribution in [3.63, 3.8) is 0 Å². The van der Waals surface area contributed by atoms with E-state index in [2.05, 4.69) is 0 Å². The molecule has 2 aromatic carbocycles. The quantitative estimate of drug-likeness (QED) is 0.396. The first-order valence-electron chi connectivity index (χ1n) is 5.29. The second-order valence-corrected chi connectivity index (χ2v) is 5.66. The van der Waals surface area contributed by atoms with Crippen molar-refractivity contribution in [2.24, 2.45) is 0 Å². The van der Waals surface area contributed by atoms with Crippen LogP contribution in [-0.2, 0) is 72.9 Å². The number of hydrogen-bond donors (Lipinski definition) is 0. The van der Waals surface area contributed by atoms with Crippen LogP contribution in [0.15, 0.2) is 56.0 Å². The molecule has 104 valence electrons. The number of rotatable bonds is 0. The van der Waals surface area contributed by atoms with Gasteiger partial charge in [0.25, 0.3) is 0 Å². The van der Waals surface area contributed by atoms with Gasteiger partial charge in [-0.3, -0.25) is 0 Å². The maximum absolute atomic E-state index is 4.94. The van der Waals surface area contributed by atoms with Crippen molar-refractivity contribution in [2.75, 3.05) is 0 Å². The standard InChI is InChI=1S/2C7H8S2.Au/c2*1-5-2-3-6(8)7(9)4-5;/h2*2-4,8-9H,1H3;/q;;+3/p-4. The van der Waals surface area contributed by atoms with Gasteiger partial charge in [-0.15, -0.1) is 0 Å². The molecule has 0 amide bonds. The summed E-state index contributed by atoms with van der Waals surface area (Å²) in [5, 5.41) is 0. The van der Waals surface area contributed by atoms with Gasteiger partial charge in [-0.2, -0.15) is 19.6 Å². The van der Waals surface area contributed by atoms with E-state index in [1.165, 1.54) is 11.1 Å². The van der Waals surface area contributed by atoms with Crippen LogP contribution in [0.1, 0.15) is 11.1 Å². The summed E-state index contributed by atoms with van der Waals surface area (Å²) in [6.07, 6.45) is 0. The van der Waals surface area contributed by atoms with Gasteiger partial charge in [-0.25, -0.2) is 0 Å². The van der Waals surface area contributed by atoms with E-state index in [1.807, 2.05) is 50.2 Å². The average molecular weight is 505 g/mol. The SMILES string of the molecule is Cc1ccc([S-])c([S-])c1.Cc1ccc([S-])c([S-])c1.[Au+3]. The summed E-state index contributed by atoms with van der Waals surface area (Å²) in [5.41, 5.74) is 2.35. The minimum atomic E-state index is 0. The predicted molar refractivity (Wildman–Crippen MR) is 84.9 cm³/mol. The molecule has 0 aliphatic carbocycles. The van der Waals surface area contributed by atoms with Gasteiger partial charge in [0.05, 0.1) is 0 Å². The normalized spacial score (nSPS) is 8.95. The van der Waals surface area contributed by atoms with Gasteiger partial charge in [-0.1, -0.05) is 47.5 Å². The zero-order valence-corrected chi connectivity index (χ0v) is 15.8. The molecule has 0 unspecified atom stereocenters. The Labute approximate surface area is 152 Å². The van der Waals surface area contributed by atoms with Crippen LogP contribution in [0.5, 0.6) is 0 Å². The molecule has 0 bridgehead atoms. The molecule has 0 saturated heterocycles. The topological polar surface area (TPSA) is 0 Å². The molecule has 0 saturated carbocycles. The minimum Gasteiger partial charge on any atom is -0.781 e. The molecule has 0 atom stereocenters. The van der Waals surface area contributed by atoms with Gasteiger partial charge in [0.2, 0.25) is 0 Å². The van der Waals surface area contributed by atoms with E-state index in [-0.39, 0.29) is 22.4 Å². The van der Waals surface area contributed by atoms with Crippen LogP contribution in [0.2, 0.25) is 0 Å². The molecule has 0 aliphatic heterocycles. The van der Waals surface area contributed by atoms with Crippen molar-refractivity contribution < 1.29 is 22.4 Å².